The van der Waals surface area contributed by atoms with Crippen LogP contribution in [0.3, 0.4) is 0 Å². The number of aromatic nitrogens is 4. The van der Waals surface area contributed by atoms with E-state index >= 15 is 0 Å². The molecule has 1 aromatic carbocycles. The van der Waals surface area contributed by atoms with Gasteiger partial charge in [-0.3, -0.25) is 4.98 Å². The van der Waals surface area contributed by atoms with E-state index in [2.05, 4.69) is 25.6 Å². The fourth-order valence-electron chi connectivity index (χ4n) is 5.57. The molecular formula is C29H32F2N6O3S. The summed E-state index contributed by atoms with van der Waals surface area (Å²) in [7, 11) is 0. The predicted octanol–water partition coefficient (Wildman–Crippen LogP) is 4.52. The molecule has 0 radical (unpaired) electrons. The van der Waals surface area contributed by atoms with E-state index in [0.717, 1.165) is 28.8 Å². The Labute approximate surface area is 239 Å². The van der Waals surface area contributed by atoms with Crippen LogP contribution in [0.25, 0.3) is 20.8 Å². The van der Waals surface area contributed by atoms with Gasteiger partial charge in [-0.25, -0.2) is 18.7 Å². The third kappa shape index (κ3) is 5.36. The van der Waals surface area contributed by atoms with Gasteiger partial charge in [0.1, 0.15) is 34.1 Å². The minimum absolute atomic E-state index is 0.130. The Hall–Kier alpha value is -3.32. The van der Waals surface area contributed by atoms with Gasteiger partial charge in [-0.05, 0) is 58.2 Å². The first-order valence-electron chi connectivity index (χ1n) is 13.7. The number of aliphatic hydroxyl groups excluding tert-OH is 2. The summed E-state index contributed by atoms with van der Waals surface area (Å²) in [5.41, 5.74) is 1.65. The first-order chi connectivity index (χ1) is 19.5. The normalized spacial score (nSPS) is 22.8. The van der Waals surface area contributed by atoms with Crippen LogP contribution in [0.1, 0.15) is 56.0 Å². The van der Waals surface area contributed by atoms with E-state index in [-0.39, 0.29) is 24.5 Å². The molecule has 216 valence electrons. The average Bonchev–Trinajstić information content (AvgIpc) is 3.60. The lowest BCUT2D eigenvalue weighted by atomic mass is 9.88. The quantitative estimate of drug-likeness (QED) is 0.203. The van der Waals surface area contributed by atoms with Crippen molar-refractivity contribution in [2.75, 3.05) is 10.6 Å². The van der Waals surface area contributed by atoms with E-state index < -0.39 is 41.4 Å². The SMILES string of the molecule is Cc1nc(NCc2c(F)cccc2F)nc(N[C@@H]2C[C@H](C(C)(C)O)[C@@H](O)[C@H]2O)c1-c1nc2c(C3CC3)nccc2s1. The number of hydrogen-bond donors (Lipinski definition) is 5. The van der Waals surface area contributed by atoms with Crippen molar-refractivity contribution in [3.63, 3.8) is 0 Å². The molecule has 4 aromatic rings. The lowest BCUT2D eigenvalue weighted by Gasteiger charge is -2.28. The fraction of sp³-hybridized carbons (Fsp3) is 0.448. The maximum atomic E-state index is 14.3. The fourth-order valence-corrected chi connectivity index (χ4v) is 6.64. The number of fused-ring (bicyclic) bond motifs is 1. The molecule has 0 bridgehead atoms. The van der Waals surface area contributed by atoms with E-state index in [4.69, 9.17) is 4.98 Å². The molecule has 12 heteroatoms. The highest BCUT2D eigenvalue weighted by atomic mass is 32.1. The molecule has 4 atom stereocenters. The number of aryl methyl sites for hydroxylation is 1. The van der Waals surface area contributed by atoms with Crippen molar-refractivity contribution in [3.8, 4) is 10.6 Å². The number of nitrogens with zero attached hydrogens (tertiary/aromatic N) is 4. The number of pyridine rings is 1. The zero-order chi connectivity index (χ0) is 29.1. The van der Waals surface area contributed by atoms with Crippen molar-refractivity contribution >= 4 is 33.3 Å². The summed E-state index contributed by atoms with van der Waals surface area (Å²) in [6.45, 7) is 4.82. The van der Waals surface area contributed by atoms with Crippen molar-refractivity contribution in [1.29, 1.82) is 0 Å². The lowest BCUT2D eigenvalue weighted by molar-refractivity contribution is -0.0601. The molecule has 41 heavy (non-hydrogen) atoms. The van der Waals surface area contributed by atoms with Crippen molar-refractivity contribution in [3.05, 3.63) is 59.0 Å². The van der Waals surface area contributed by atoms with E-state index in [1.54, 1.807) is 27.0 Å². The molecule has 3 aromatic heterocycles. The van der Waals surface area contributed by atoms with E-state index in [0.29, 0.717) is 28.0 Å². The maximum absolute atomic E-state index is 14.3. The van der Waals surface area contributed by atoms with Gasteiger partial charge in [-0.15, -0.1) is 11.3 Å². The molecule has 2 aliphatic carbocycles. The second-order valence-electron chi connectivity index (χ2n) is 11.5. The Kier molecular flexibility index (Phi) is 7.13. The highest BCUT2D eigenvalue weighted by Crippen LogP contribution is 2.45. The first-order valence-corrected chi connectivity index (χ1v) is 14.5. The zero-order valence-electron chi connectivity index (χ0n) is 22.9. The van der Waals surface area contributed by atoms with Crippen LogP contribution < -0.4 is 10.6 Å². The zero-order valence-corrected chi connectivity index (χ0v) is 23.7. The summed E-state index contributed by atoms with van der Waals surface area (Å²) in [6, 6.07) is 4.97. The Morgan fingerprint density at radius 2 is 1.78 bits per heavy atom. The highest BCUT2D eigenvalue weighted by Gasteiger charge is 2.48. The summed E-state index contributed by atoms with van der Waals surface area (Å²) in [5.74, 6) is -1.05. The lowest BCUT2D eigenvalue weighted by Crippen LogP contribution is -2.40. The molecule has 2 fully saturated rings. The average molecular weight is 583 g/mol. The molecular weight excluding hydrogens is 550 g/mol. The summed E-state index contributed by atoms with van der Waals surface area (Å²) in [6.07, 6.45) is 1.94. The molecule has 0 aliphatic heterocycles. The molecule has 0 saturated heterocycles. The Morgan fingerprint density at radius 3 is 2.44 bits per heavy atom. The van der Waals surface area contributed by atoms with Crippen LogP contribution in [-0.2, 0) is 6.54 Å². The highest BCUT2D eigenvalue weighted by molar-refractivity contribution is 7.21. The minimum atomic E-state index is -1.21. The number of nitrogens with one attached hydrogen (secondary N) is 2. The van der Waals surface area contributed by atoms with Gasteiger partial charge in [-0.1, -0.05) is 6.07 Å². The van der Waals surface area contributed by atoms with Crippen molar-refractivity contribution in [2.24, 2.45) is 5.92 Å². The first kappa shape index (κ1) is 27.8. The van der Waals surface area contributed by atoms with Gasteiger partial charge in [0.25, 0.3) is 0 Å². The molecule has 6 rings (SSSR count). The van der Waals surface area contributed by atoms with Crippen LogP contribution in [0.5, 0.6) is 0 Å². The van der Waals surface area contributed by atoms with Gasteiger partial charge in [0.2, 0.25) is 5.95 Å². The van der Waals surface area contributed by atoms with E-state index in [1.807, 2.05) is 6.07 Å². The van der Waals surface area contributed by atoms with E-state index in [1.165, 1.54) is 29.5 Å². The van der Waals surface area contributed by atoms with Crippen molar-refractivity contribution in [1.82, 2.24) is 19.9 Å². The Bertz CT molecular complexity index is 1590. The Balaban J connectivity index is 1.39. The van der Waals surface area contributed by atoms with Gasteiger partial charge in [0, 0.05) is 30.1 Å². The third-order valence-corrected chi connectivity index (χ3v) is 9.04. The summed E-state index contributed by atoms with van der Waals surface area (Å²) >= 11 is 1.48. The van der Waals surface area contributed by atoms with E-state index in [9.17, 15) is 24.1 Å². The molecule has 0 unspecified atom stereocenters. The van der Waals surface area contributed by atoms with Gasteiger partial charge in [0.15, 0.2) is 0 Å². The topological polar surface area (TPSA) is 136 Å². The number of anilines is 2. The van der Waals surface area contributed by atoms with Crippen LogP contribution in [0.4, 0.5) is 20.5 Å². The van der Waals surface area contributed by atoms with Gasteiger partial charge in [0.05, 0.1) is 39.4 Å². The second kappa shape index (κ2) is 10.5. The van der Waals surface area contributed by atoms with Crippen LogP contribution in [0, 0.1) is 24.5 Å². The summed E-state index contributed by atoms with van der Waals surface area (Å²) in [5, 5.41) is 39.0. The van der Waals surface area contributed by atoms with Crippen LogP contribution in [0.15, 0.2) is 30.5 Å². The number of benzene rings is 1. The van der Waals surface area contributed by atoms with Gasteiger partial charge >= 0.3 is 0 Å². The smallest absolute Gasteiger partial charge is 0.225 e. The molecule has 2 saturated carbocycles. The van der Waals surface area contributed by atoms with Gasteiger partial charge < -0.3 is 26.0 Å². The number of aliphatic hydroxyl groups is 3. The van der Waals surface area contributed by atoms with Crippen molar-refractivity contribution in [2.45, 2.75) is 76.3 Å². The monoisotopic (exact) mass is 582 g/mol. The Morgan fingerprint density at radius 1 is 1.05 bits per heavy atom. The maximum Gasteiger partial charge on any atom is 0.225 e. The summed E-state index contributed by atoms with van der Waals surface area (Å²) < 4.78 is 29.5. The standard InChI is InChI=1S/C29H32F2N6O3S/c1-13-21(27-36-23-20(41-27)9-10-32-22(23)14-7-8-14)26(35-19-11-16(29(2,3)40)24(38)25(19)39)37-28(34-13)33-12-15-17(30)5-4-6-18(15)31/h4-6,9-10,14,16,19,24-25,38-40H,7-8,11-12H2,1-3H3,(H2,33,34,35,37)/t16-,19+,24+,25-/m0/s1. The molecule has 5 N–H and O–H groups in total. The number of thiazole rings is 1. The number of hydrogen-bond acceptors (Lipinski definition) is 10. The van der Waals surface area contributed by atoms with Crippen LogP contribution in [-0.4, -0.2) is 59.1 Å². The summed E-state index contributed by atoms with van der Waals surface area (Å²) in [4.78, 5) is 18.7. The van der Waals surface area contributed by atoms with Crippen molar-refractivity contribution < 1.29 is 24.1 Å². The van der Waals surface area contributed by atoms with Gasteiger partial charge in [-0.2, -0.15) is 4.98 Å². The molecule has 9 nitrogen and oxygen atoms in total. The number of halogens is 2. The number of rotatable bonds is 8. The largest absolute Gasteiger partial charge is 0.390 e. The third-order valence-electron chi connectivity index (χ3n) is 8.00. The second-order valence-corrected chi connectivity index (χ2v) is 12.5. The molecule has 3 heterocycles. The molecule has 0 spiro atoms. The van der Waals surface area contributed by atoms with Crippen LogP contribution in [0.2, 0.25) is 0 Å². The molecule has 2 aliphatic rings. The molecule has 0 amide bonds. The minimum Gasteiger partial charge on any atom is -0.390 e. The predicted molar refractivity (Wildman–Crippen MR) is 153 cm³/mol. The van der Waals surface area contributed by atoms with Crippen LogP contribution >= 0.6 is 11.3 Å².